The van der Waals surface area contributed by atoms with Gasteiger partial charge in [0.25, 0.3) is 0 Å². The first-order chi connectivity index (χ1) is 4.47. The molecule has 0 fully saturated rings. The highest BCUT2D eigenvalue weighted by molar-refractivity contribution is 6.69. The second-order valence-electron chi connectivity index (χ2n) is 3.05. The maximum atomic E-state index is 5.37. The minimum absolute atomic E-state index is 0.871. The molecule has 0 heterocycles. The molecule has 2 nitrogen and oxygen atoms in total. The topological polar surface area (TPSA) is 21.3 Å². The Morgan fingerprint density at radius 2 is 1.50 bits per heavy atom. The Labute approximate surface area is 66.1 Å². The van der Waals surface area contributed by atoms with Crippen molar-refractivity contribution in [1.29, 1.82) is 0 Å². The summed E-state index contributed by atoms with van der Waals surface area (Å²) < 4.78 is 5.37. The molecule has 0 aliphatic carbocycles. The molecule has 64 valence electrons. The summed E-state index contributed by atoms with van der Waals surface area (Å²) in [4.78, 5) is 0. The Morgan fingerprint density at radius 1 is 1.20 bits per heavy atom. The predicted molar refractivity (Wildman–Crippen MR) is 50.0 cm³/mol. The molecule has 0 spiro atoms. The van der Waals surface area contributed by atoms with E-state index in [1.165, 1.54) is 0 Å². The van der Waals surface area contributed by atoms with Crippen LogP contribution in [0.25, 0.3) is 0 Å². The highest BCUT2D eigenvalue weighted by Gasteiger charge is 2.11. The Kier molecular flexibility index (Phi) is 9.26. The molecule has 0 aliphatic rings. The average Bonchev–Trinajstić information content (AvgIpc) is 1.63. The molecule has 0 atom stereocenters. The maximum absolute atomic E-state index is 5.37. The third kappa shape index (κ3) is 24.2. The summed E-state index contributed by atoms with van der Waals surface area (Å²) in [6.07, 6.45) is 0. The third-order valence-corrected chi connectivity index (χ3v) is 1.73. The van der Waals surface area contributed by atoms with Gasteiger partial charge in [-0.2, -0.15) is 0 Å². The lowest BCUT2D eigenvalue weighted by Crippen LogP contribution is -2.24. The van der Waals surface area contributed by atoms with E-state index in [0.29, 0.717) is 0 Å². The normalized spacial score (nSPS) is 10.2. The van der Waals surface area contributed by atoms with Crippen molar-refractivity contribution < 1.29 is 4.43 Å². The lowest BCUT2D eigenvalue weighted by molar-refractivity contribution is 0.334. The van der Waals surface area contributed by atoms with Crippen LogP contribution in [0.15, 0.2) is 0 Å². The number of rotatable bonds is 2. The number of nitrogens with one attached hydrogen (secondary N) is 1. The first kappa shape index (κ1) is 12.8. The van der Waals surface area contributed by atoms with Crippen LogP contribution >= 0.6 is 0 Å². The van der Waals surface area contributed by atoms with Gasteiger partial charge in [0.15, 0.2) is 8.32 Å². The lowest BCUT2D eigenvalue weighted by atomic mass is 10.9. The van der Waals surface area contributed by atoms with Crippen molar-refractivity contribution in [2.24, 2.45) is 0 Å². The maximum Gasteiger partial charge on any atom is 0.183 e. The molecule has 0 bridgehead atoms. The van der Waals surface area contributed by atoms with Crippen LogP contribution in [0.5, 0.6) is 0 Å². The van der Waals surface area contributed by atoms with E-state index in [1.54, 1.807) is 0 Å². The average molecular weight is 163 g/mol. The summed E-state index contributed by atoms with van der Waals surface area (Å²) >= 11 is 0. The molecule has 0 amide bonds. The van der Waals surface area contributed by atoms with Gasteiger partial charge in [0.2, 0.25) is 0 Å². The fraction of sp³-hybridized carbons (Fsp3) is 1.00. The van der Waals surface area contributed by atoms with Crippen LogP contribution in [-0.2, 0) is 4.43 Å². The van der Waals surface area contributed by atoms with Gasteiger partial charge in [-0.3, -0.25) is 0 Å². The van der Waals surface area contributed by atoms with E-state index in [0.717, 1.165) is 6.61 Å². The van der Waals surface area contributed by atoms with Gasteiger partial charge < -0.3 is 9.74 Å². The minimum Gasteiger partial charge on any atom is -0.418 e. The Morgan fingerprint density at radius 3 is 1.50 bits per heavy atom. The molecule has 0 unspecified atom stereocenters. The first-order valence-electron chi connectivity index (χ1n) is 3.70. The molecule has 0 saturated heterocycles. The fourth-order valence-electron chi connectivity index (χ4n) is 0.433. The molecule has 0 aliphatic heterocycles. The van der Waals surface area contributed by atoms with E-state index < -0.39 is 8.32 Å². The summed E-state index contributed by atoms with van der Waals surface area (Å²) in [5.74, 6) is 0. The lowest BCUT2D eigenvalue weighted by Gasteiger charge is -2.14. The van der Waals surface area contributed by atoms with E-state index >= 15 is 0 Å². The van der Waals surface area contributed by atoms with Crippen LogP contribution in [0.4, 0.5) is 0 Å². The monoisotopic (exact) mass is 163 g/mol. The summed E-state index contributed by atoms with van der Waals surface area (Å²) in [5.41, 5.74) is 0. The first-order valence-corrected chi connectivity index (χ1v) is 7.11. The van der Waals surface area contributed by atoms with Crippen LogP contribution in [0, 0.1) is 0 Å². The molecule has 1 N–H and O–H groups in total. The van der Waals surface area contributed by atoms with Crippen LogP contribution in [0.3, 0.4) is 0 Å². The second-order valence-corrected chi connectivity index (χ2v) is 7.56. The molecule has 10 heavy (non-hydrogen) atoms. The van der Waals surface area contributed by atoms with E-state index in [9.17, 15) is 0 Å². The van der Waals surface area contributed by atoms with Crippen molar-refractivity contribution in [1.82, 2.24) is 5.32 Å². The molecule has 0 aromatic rings. The van der Waals surface area contributed by atoms with Crippen LogP contribution < -0.4 is 5.32 Å². The van der Waals surface area contributed by atoms with E-state index in [1.807, 2.05) is 21.0 Å². The molecular formula is C7H21NOSi. The zero-order valence-corrected chi connectivity index (χ0v) is 9.12. The van der Waals surface area contributed by atoms with Gasteiger partial charge in [-0.1, -0.05) is 0 Å². The third-order valence-electron chi connectivity index (χ3n) is 0.577. The molecule has 3 heteroatoms. The van der Waals surface area contributed by atoms with Crippen molar-refractivity contribution in [3.63, 3.8) is 0 Å². The molecule has 0 aromatic carbocycles. The molecule has 0 aromatic heterocycles. The largest absolute Gasteiger partial charge is 0.418 e. The highest BCUT2D eigenvalue weighted by atomic mass is 28.4. The smallest absolute Gasteiger partial charge is 0.183 e. The predicted octanol–water partition coefficient (Wildman–Crippen LogP) is 1.69. The van der Waals surface area contributed by atoms with E-state index in [2.05, 4.69) is 25.0 Å². The van der Waals surface area contributed by atoms with E-state index in [-0.39, 0.29) is 0 Å². The van der Waals surface area contributed by atoms with Crippen molar-refractivity contribution in [3.8, 4) is 0 Å². The van der Waals surface area contributed by atoms with Crippen LogP contribution in [-0.4, -0.2) is 29.0 Å². The Bertz CT molecular complexity index is 61.1. The van der Waals surface area contributed by atoms with Crippen molar-refractivity contribution in [3.05, 3.63) is 0 Å². The summed E-state index contributed by atoms with van der Waals surface area (Å²) in [7, 11) is 2.59. The number of hydrogen-bond acceptors (Lipinski definition) is 2. The van der Waals surface area contributed by atoms with Crippen molar-refractivity contribution in [2.75, 3.05) is 20.7 Å². The quantitative estimate of drug-likeness (QED) is 0.626. The van der Waals surface area contributed by atoms with Gasteiger partial charge in [0, 0.05) is 6.61 Å². The summed E-state index contributed by atoms with van der Waals surface area (Å²) in [6.45, 7) is 9.48. The zero-order valence-electron chi connectivity index (χ0n) is 8.12. The molecular weight excluding hydrogens is 142 g/mol. The van der Waals surface area contributed by atoms with Gasteiger partial charge in [-0.05, 0) is 40.7 Å². The van der Waals surface area contributed by atoms with Gasteiger partial charge in [-0.25, -0.2) is 0 Å². The van der Waals surface area contributed by atoms with Crippen molar-refractivity contribution in [2.45, 2.75) is 26.6 Å². The van der Waals surface area contributed by atoms with E-state index in [4.69, 9.17) is 4.43 Å². The minimum atomic E-state index is -1.16. The Balaban J connectivity index is 0. The van der Waals surface area contributed by atoms with Crippen LogP contribution in [0.2, 0.25) is 19.6 Å². The summed E-state index contributed by atoms with van der Waals surface area (Å²) in [6, 6.07) is 0. The molecule has 0 saturated carbocycles. The molecule has 0 radical (unpaired) electrons. The standard InChI is InChI=1S/C5H14OSi.C2H7N/c1-5-6-7(2,3)4;1-3-2/h5H2,1-4H3;3H,1-2H3. The van der Waals surface area contributed by atoms with Gasteiger partial charge in [0.1, 0.15) is 0 Å². The SMILES string of the molecule is CCO[Si](C)(C)C.CNC. The van der Waals surface area contributed by atoms with Crippen LogP contribution in [0.1, 0.15) is 6.92 Å². The van der Waals surface area contributed by atoms with Gasteiger partial charge in [-0.15, -0.1) is 0 Å². The number of hydrogen-bond donors (Lipinski definition) is 1. The zero-order chi connectivity index (χ0) is 8.62. The van der Waals surface area contributed by atoms with Gasteiger partial charge in [0.05, 0.1) is 0 Å². The highest BCUT2D eigenvalue weighted by Crippen LogP contribution is 2.00. The summed E-state index contributed by atoms with van der Waals surface area (Å²) in [5, 5.41) is 2.75. The fourth-order valence-corrected chi connectivity index (χ4v) is 1.30. The van der Waals surface area contributed by atoms with Gasteiger partial charge >= 0.3 is 0 Å². The molecule has 0 rings (SSSR count). The second kappa shape index (κ2) is 7.25. The Hall–Kier alpha value is 0.137. The van der Waals surface area contributed by atoms with Crippen molar-refractivity contribution >= 4 is 8.32 Å².